The van der Waals surface area contributed by atoms with Crippen molar-refractivity contribution in [1.82, 2.24) is 0 Å². The highest BCUT2D eigenvalue weighted by molar-refractivity contribution is 7.20. The Bertz CT molecular complexity index is 1960. The van der Waals surface area contributed by atoms with Crippen LogP contribution in [0.15, 0.2) is 36.4 Å². The van der Waals surface area contributed by atoms with E-state index in [1.807, 2.05) is 12.1 Å². The summed E-state index contributed by atoms with van der Waals surface area (Å²) in [4.78, 5) is 1.43. The van der Waals surface area contributed by atoms with E-state index in [0.717, 1.165) is 52.8 Å². The van der Waals surface area contributed by atoms with Gasteiger partial charge in [-0.1, -0.05) is 94.9 Å². The van der Waals surface area contributed by atoms with E-state index < -0.39 is 16.1 Å². The van der Waals surface area contributed by atoms with E-state index in [0.29, 0.717) is 43.0 Å². The average Bonchev–Trinajstić information content (AvgIpc) is 3.62. The standard InChI is InChI=1S/C42H48N2S2Si2/c1-25(2)47(26(3)4,27(5)6)15-13-35-37-19-31-17-33(23-43)46-42(31)22-40(37)36(14-16-48(28(7)8,29(9)10)30(11)12)38-20-32-18-34(24-44)45-41(32)21-39(35)38/h17-22,25-30H,1-12H3. The summed E-state index contributed by atoms with van der Waals surface area (Å²) in [5.74, 6) is 7.78. The van der Waals surface area contributed by atoms with Crippen molar-refractivity contribution in [2.45, 2.75) is 116 Å². The molecule has 0 aliphatic rings. The molecule has 48 heavy (non-hydrogen) atoms. The first kappa shape index (κ1) is 35.9. The third kappa shape index (κ3) is 5.83. The van der Waals surface area contributed by atoms with E-state index in [9.17, 15) is 10.5 Å². The smallest absolute Gasteiger partial charge is 0.146 e. The molecule has 2 aromatic heterocycles. The van der Waals surface area contributed by atoms with E-state index in [1.54, 1.807) is 22.7 Å². The van der Waals surface area contributed by atoms with Crippen LogP contribution in [0.1, 0.15) is 104 Å². The number of thiophene rings is 2. The maximum Gasteiger partial charge on any atom is 0.146 e. The number of fused-ring (bicyclic) bond motifs is 4. The molecule has 0 spiro atoms. The van der Waals surface area contributed by atoms with Gasteiger partial charge in [-0.05, 0) is 91.2 Å². The second-order valence-electron chi connectivity index (χ2n) is 15.4. The van der Waals surface area contributed by atoms with E-state index in [2.05, 4.69) is 142 Å². The third-order valence-corrected chi connectivity index (χ3v) is 25.7. The Morgan fingerprint density at radius 1 is 0.458 bits per heavy atom. The quantitative estimate of drug-likeness (QED) is 0.101. The van der Waals surface area contributed by atoms with E-state index in [4.69, 9.17) is 0 Å². The first-order valence-corrected chi connectivity index (χ1v) is 23.5. The molecule has 0 unspecified atom stereocenters. The van der Waals surface area contributed by atoms with E-state index in [1.165, 1.54) is 0 Å². The fraction of sp³-hybridized carbons (Fsp3) is 0.429. The van der Waals surface area contributed by atoms with Crippen LogP contribution in [0.3, 0.4) is 0 Å². The fourth-order valence-electron chi connectivity index (χ4n) is 8.88. The van der Waals surface area contributed by atoms with Crippen molar-refractivity contribution in [3.05, 3.63) is 57.3 Å². The first-order valence-electron chi connectivity index (χ1n) is 17.4. The van der Waals surface area contributed by atoms with Crippen LogP contribution < -0.4 is 0 Å². The molecule has 5 rings (SSSR count). The number of rotatable bonds is 6. The van der Waals surface area contributed by atoms with Crippen molar-refractivity contribution in [3.8, 4) is 35.1 Å². The minimum Gasteiger partial charge on any atom is -0.192 e. The summed E-state index contributed by atoms with van der Waals surface area (Å²) in [5, 5.41) is 26.2. The molecule has 0 atom stereocenters. The molecule has 6 heteroatoms. The molecule has 246 valence electrons. The monoisotopic (exact) mass is 700 g/mol. The summed E-state index contributed by atoms with van der Waals surface area (Å²) in [5.41, 5.74) is 13.2. The molecule has 0 saturated carbocycles. The Labute approximate surface area is 298 Å². The lowest BCUT2D eigenvalue weighted by molar-refractivity contribution is 0.838. The molecule has 0 radical (unpaired) electrons. The van der Waals surface area contributed by atoms with Gasteiger partial charge in [0.1, 0.15) is 38.0 Å². The lowest BCUT2D eigenvalue weighted by atomic mass is 9.91. The number of hydrogen-bond donors (Lipinski definition) is 0. The summed E-state index contributed by atoms with van der Waals surface area (Å²) < 4.78 is 2.19. The van der Waals surface area contributed by atoms with Gasteiger partial charge in [0.25, 0.3) is 0 Å². The van der Waals surface area contributed by atoms with Gasteiger partial charge in [-0.25, -0.2) is 0 Å². The van der Waals surface area contributed by atoms with Crippen molar-refractivity contribution in [3.63, 3.8) is 0 Å². The summed E-state index contributed by atoms with van der Waals surface area (Å²) in [7, 11) is -4.10. The van der Waals surface area contributed by atoms with Gasteiger partial charge in [0.15, 0.2) is 0 Å². The summed E-state index contributed by atoms with van der Waals surface area (Å²) in [6.07, 6.45) is 0. The SMILES string of the molecule is CC(C)[Si](C#Cc1c2cc3cc(C#N)sc3cc2c(C#C[Si](C(C)C)(C(C)C)C(C)C)c2cc3cc(C#N)sc3cc12)(C(C)C)C(C)C. The molecule has 0 saturated heterocycles. The lowest BCUT2D eigenvalue weighted by Gasteiger charge is -2.38. The number of nitrogens with zero attached hydrogens (tertiary/aromatic N) is 2. The second kappa shape index (κ2) is 13.5. The van der Waals surface area contributed by atoms with Crippen LogP contribution in [0.5, 0.6) is 0 Å². The number of benzene rings is 3. The highest BCUT2D eigenvalue weighted by Gasteiger charge is 2.43. The second-order valence-corrected chi connectivity index (χ2v) is 28.7. The molecule has 2 nitrogen and oxygen atoms in total. The van der Waals surface area contributed by atoms with Gasteiger partial charge in [-0.15, -0.1) is 33.8 Å². The van der Waals surface area contributed by atoms with Crippen LogP contribution in [-0.2, 0) is 0 Å². The maximum absolute atomic E-state index is 9.83. The van der Waals surface area contributed by atoms with Gasteiger partial charge in [-0.2, -0.15) is 10.5 Å². The van der Waals surface area contributed by atoms with Gasteiger partial charge in [0.2, 0.25) is 0 Å². The predicted molar refractivity (Wildman–Crippen MR) is 218 cm³/mol. The number of hydrogen-bond acceptors (Lipinski definition) is 4. The molecule has 2 heterocycles. The molecule has 5 aromatic rings. The zero-order valence-corrected chi connectivity index (χ0v) is 34.3. The summed E-state index contributed by atoms with van der Waals surface area (Å²) in [6.45, 7) is 28.3. The molecule has 0 N–H and O–H groups in total. The molecular weight excluding hydrogens is 653 g/mol. The lowest BCUT2D eigenvalue weighted by Crippen LogP contribution is -2.43. The molecule has 3 aromatic carbocycles. The molecule has 0 fully saturated rings. The molecule has 0 aliphatic heterocycles. The van der Waals surface area contributed by atoms with Crippen molar-refractivity contribution in [2.75, 3.05) is 0 Å². The van der Waals surface area contributed by atoms with Crippen molar-refractivity contribution < 1.29 is 0 Å². The van der Waals surface area contributed by atoms with Crippen LogP contribution in [0, 0.1) is 45.6 Å². The number of nitriles is 2. The minimum atomic E-state index is -2.05. The highest BCUT2D eigenvalue weighted by atomic mass is 32.1. The van der Waals surface area contributed by atoms with E-state index >= 15 is 0 Å². The zero-order chi connectivity index (χ0) is 35.3. The van der Waals surface area contributed by atoms with Gasteiger partial charge in [0, 0.05) is 31.3 Å². The minimum absolute atomic E-state index is 0.512. The molecule has 0 amide bonds. The maximum atomic E-state index is 9.83. The fourth-order valence-corrected chi connectivity index (χ4v) is 21.1. The third-order valence-electron chi connectivity index (χ3n) is 11.2. The Hall–Kier alpha value is -3.37. The van der Waals surface area contributed by atoms with Crippen molar-refractivity contribution >= 4 is 80.5 Å². The Balaban J connectivity index is 2.05. The van der Waals surface area contributed by atoms with Crippen LogP contribution in [0.25, 0.3) is 41.7 Å². The highest BCUT2D eigenvalue weighted by Crippen LogP contribution is 2.44. The van der Waals surface area contributed by atoms with Gasteiger partial charge >= 0.3 is 0 Å². The molecular formula is C42H48N2S2Si2. The Morgan fingerprint density at radius 2 is 0.750 bits per heavy atom. The topological polar surface area (TPSA) is 47.6 Å². The van der Waals surface area contributed by atoms with Crippen molar-refractivity contribution in [1.29, 1.82) is 10.5 Å². The van der Waals surface area contributed by atoms with Crippen LogP contribution in [0.4, 0.5) is 0 Å². The normalized spacial score (nSPS) is 12.5. The van der Waals surface area contributed by atoms with Crippen molar-refractivity contribution in [2.24, 2.45) is 0 Å². The van der Waals surface area contributed by atoms with Crippen LogP contribution in [-0.4, -0.2) is 16.1 Å². The van der Waals surface area contributed by atoms with E-state index in [-0.39, 0.29) is 0 Å². The first-order chi connectivity index (χ1) is 22.6. The van der Waals surface area contributed by atoms with Crippen LogP contribution >= 0.6 is 22.7 Å². The molecule has 0 aliphatic carbocycles. The van der Waals surface area contributed by atoms with Gasteiger partial charge in [-0.3, -0.25) is 0 Å². The zero-order valence-electron chi connectivity index (χ0n) is 30.6. The average molecular weight is 701 g/mol. The molecule has 0 bridgehead atoms. The Morgan fingerprint density at radius 3 is 1.02 bits per heavy atom. The predicted octanol–water partition coefficient (Wildman–Crippen LogP) is 13.3. The van der Waals surface area contributed by atoms with Gasteiger partial charge < -0.3 is 0 Å². The van der Waals surface area contributed by atoms with Crippen LogP contribution in [0.2, 0.25) is 33.2 Å². The summed E-state index contributed by atoms with van der Waals surface area (Å²) in [6, 6.07) is 17.8. The summed E-state index contributed by atoms with van der Waals surface area (Å²) >= 11 is 3.09. The Kier molecular flexibility index (Phi) is 10.1. The largest absolute Gasteiger partial charge is 0.192 e. The van der Waals surface area contributed by atoms with Gasteiger partial charge in [0.05, 0.1) is 0 Å².